The Hall–Kier alpha value is -2.29. The molecule has 1 heterocycles. The van der Waals surface area contributed by atoms with Crippen LogP contribution in [0.4, 0.5) is 5.69 Å². The summed E-state index contributed by atoms with van der Waals surface area (Å²) in [5.41, 5.74) is 11.7. The predicted molar refractivity (Wildman–Crippen MR) is 88.5 cm³/mol. The van der Waals surface area contributed by atoms with Crippen molar-refractivity contribution in [1.82, 2.24) is 0 Å². The summed E-state index contributed by atoms with van der Waals surface area (Å²) in [6.07, 6.45) is 1.11. The molecule has 0 fully saturated rings. The lowest BCUT2D eigenvalue weighted by Gasteiger charge is -2.28. The van der Waals surface area contributed by atoms with E-state index >= 15 is 0 Å². The minimum absolute atomic E-state index is 0.0978. The van der Waals surface area contributed by atoms with Gasteiger partial charge in [-0.05, 0) is 48.6 Å². The van der Waals surface area contributed by atoms with Crippen LogP contribution in [0.25, 0.3) is 0 Å². The number of rotatable bonds is 2. The molecule has 114 valence electrons. The molecule has 0 aromatic heterocycles. The molecule has 2 aromatic rings. The zero-order chi connectivity index (χ0) is 15.9. The summed E-state index contributed by atoms with van der Waals surface area (Å²) in [4.78, 5) is 12.5. The number of ketones is 1. The molecule has 1 unspecified atom stereocenters. The van der Waals surface area contributed by atoms with Gasteiger partial charge in [0, 0.05) is 0 Å². The molecule has 1 aliphatic rings. The smallest absolute Gasteiger partial charge is 0.170 e. The first-order valence-electron chi connectivity index (χ1n) is 7.69. The number of aryl methyl sites for hydroxylation is 2. The first-order chi connectivity index (χ1) is 10.5. The number of benzene rings is 2. The molecule has 22 heavy (non-hydrogen) atoms. The van der Waals surface area contributed by atoms with Crippen LogP contribution in [0.1, 0.15) is 52.1 Å². The van der Waals surface area contributed by atoms with E-state index in [1.165, 1.54) is 5.56 Å². The summed E-state index contributed by atoms with van der Waals surface area (Å²) in [5, 5.41) is 0. The summed E-state index contributed by atoms with van der Waals surface area (Å²) in [6.45, 7) is 6.05. The highest BCUT2D eigenvalue weighted by molar-refractivity contribution is 6.02. The third-order valence-electron chi connectivity index (χ3n) is 4.54. The topological polar surface area (TPSA) is 52.3 Å². The van der Waals surface area contributed by atoms with E-state index in [1.807, 2.05) is 32.0 Å². The number of carbonyl (C=O) groups is 1. The van der Waals surface area contributed by atoms with E-state index in [4.69, 9.17) is 10.5 Å². The van der Waals surface area contributed by atoms with Gasteiger partial charge in [-0.1, -0.05) is 31.2 Å². The summed E-state index contributed by atoms with van der Waals surface area (Å²) < 4.78 is 6.08. The molecule has 1 aliphatic heterocycles. The summed E-state index contributed by atoms with van der Waals surface area (Å²) in [6, 6.07) is 10.1. The maximum atomic E-state index is 12.5. The molecule has 3 rings (SSSR count). The lowest BCUT2D eigenvalue weighted by molar-refractivity contribution is 0.0851. The third-order valence-corrected chi connectivity index (χ3v) is 4.54. The van der Waals surface area contributed by atoms with Crippen molar-refractivity contribution < 1.29 is 9.53 Å². The van der Waals surface area contributed by atoms with Gasteiger partial charge >= 0.3 is 0 Å². The number of hydrogen-bond acceptors (Lipinski definition) is 3. The first kappa shape index (κ1) is 14.6. The van der Waals surface area contributed by atoms with Crippen LogP contribution in [0.15, 0.2) is 30.3 Å². The zero-order valence-electron chi connectivity index (χ0n) is 13.3. The Labute approximate surface area is 131 Å². The summed E-state index contributed by atoms with van der Waals surface area (Å²) >= 11 is 0. The highest BCUT2D eigenvalue weighted by atomic mass is 16.5. The largest absolute Gasteiger partial charge is 0.482 e. The number of nitrogens with two attached hydrogens (primary N) is 1. The molecule has 2 N–H and O–H groups in total. The lowest BCUT2D eigenvalue weighted by atomic mass is 9.92. The van der Waals surface area contributed by atoms with E-state index in [-0.39, 0.29) is 11.9 Å². The highest BCUT2D eigenvalue weighted by Gasteiger charge is 2.30. The molecule has 2 aromatic carbocycles. The van der Waals surface area contributed by atoms with Gasteiger partial charge in [-0.25, -0.2) is 0 Å². The Morgan fingerprint density at radius 1 is 1.23 bits per heavy atom. The molecule has 0 spiro atoms. The average Bonchev–Trinajstić information content (AvgIpc) is 2.54. The lowest BCUT2D eigenvalue weighted by Crippen LogP contribution is -2.22. The molecule has 0 aliphatic carbocycles. The number of fused-ring (bicyclic) bond motifs is 1. The fourth-order valence-corrected chi connectivity index (χ4v) is 2.87. The maximum absolute atomic E-state index is 12.5. The summed E-state index contributed by atoms with van der Waals surface area (Å²) in [5.74, 6) is 0.643. The molecule has 0 saturated heterocycles. The Morgan fingerprint density at radius 2 is 1.91 bits per heavy atom. The number of Topliss-reactive ketones (excluding diaryl/α,β-unsaturated/α-hetero) is 1. The van der Waals surface area contributed by atoms with E-state index < -0.39 is 0 Å². The fraction of sp³-hybridized carbons (Fsp3) is 0.316. The molecule has 3 heteroatoms. The van der Waals surface area contributed by atoms with Crippen LogP contribution in [-0.4, -0.2) is 5.78 Å². The second-order valence-electron chi connectivity index (χ2n) is 5.94. The summed E-state index contributed by atoms with van der Waals surface area (Å²) in [7, 11) is 0. The fourth-order valence-electron chi connectivity index (χ4n) is 2.87. The Balaban J connectivity index is 1.99. The monoisotopic (exact) mass is 295 g/mol. The van der Waals surface area contributed by atoms with Gasteiger partial charge < -0.3 is 10.5 Å². The first-order valence-corrected chi connectivity index (χ1v) is 7.69. The van der Waals surface area contributed by atoms with E-state index in [2.05, 4.69) is 19.1 Å². The molecule has 0 saturated carbocycles. The predicted octanol–water partition coefficient (Wildman–Crippen LogP) is 4.15. The van der Waals surface area contributed by atoms with Crippen molar-refractivity contribution in [2.75, 3.05) is 5.73 Å². The van der Waals surface area contributed by atoms with Gasteiger partial charge in [0.1, 0.15) is 6.10 Å². The third kappa shape index (κ3) is 2.37. The minimum atomic E-state index is -0.254. The van der Waals surface area contributed by atoms with Crippen LogP contribution >= 0.6 is 0 Å². The number of hydrogen-bond donors (Lipinski definition) is 1. The van der Waals surface area contributed by atoms with Gasteiger partial charge in [0.15, 0.2) is 11.5 Å². The second kappa shape index (κ2) is 5.48. The van der Waals surface area contributed by atoms with Crippen LogP contribution in [0, 0.1) is 13.8 Å². The van der Waals surface area contributed by atoms with E-state index in [1.54, 1.807) is 0 Å². The molecule has 0 radical (unpaired) electrons. The van der Waals surface area contributed by atoms with Gasteiger partial charge in [0.25, 0.3) is 0 Å². The van der Waals surface area contributed by atoms with Crippen molar-refractivity contribution >= 4 is 11.5 Å². The van der Waals surface area contributed by atoms with Crippen LogP contribution in [0.2, 0.25) is 0 Å². The van der Waals surface area contributed by atoms with Gasteiger partial charge in [-0.2, -0.15) is 0 Å². The van der Waals surface area contributed by atoms with Crippen LogP contribution < -0.4 is 10.5 Å². The Bertz CT molecular complexity index is 732. The number of carbonyl (C=O) groups excluding carboxylic acids is 1. The highest BCUT2D eigenvalue weighted by Crippen LogP contribution is 2.41. The Kier molecular flexibility index (Phi) is 3.65. The zero-order valence-corrected chi connectivity index (χ0v) is 13.3. The van der Waals surface area contributed by atoms with Crippen molar-refractivity contribution in [3.8, 4) is 5.75 Å². The van der Waals surface area contributed by atoms with E-state index in [0.29, 0.717) is 23.4 Å². The minimum Gasteiger partial charge on any atom is -0.482 e. The van der Waals surface area contributed by atoms with Gasteiger partial charge in [-0.3, -0.25) is 4.79 Å². The van der Waals surface area contributed by atoms with E-state index in [9.17, 15) is 4.79 Å². The van der Waals surface area contributed by atoms with Crippen LogP contribution in [0.3, 0.4) is 0 Å². The molecule has 3 nitrogen and oxygen atoms in total. The normalized spacial score (nSPS) is 17.0. The average molecular weight is 295 g/mol. The maximum Gasteiger partial charge on any atom is 0.170 e. The standard InChI is InChI=1S/C19H21NO2/c1-4-13-5-7-14(8-6-13)17-10-16(21)15-9-11(2)12(3)18(20)19(15)22-17/h5-9,17H,4,10,20H2,1-3H3. The quantitative estimate of drug-likeness (QED) is 0.847. The van der Waals surface area contributed by atoms with Gasteiger partial charge in [-0.15, -0.1) is 0 Å². The molecule has 1 atom stereocenters. The number of ether oxygens (including phenoxy) is 1. The van der Waals surface area contributed by atoms with Gasteiger partial charge in [0.2, 0.25) is 0 Å². The second-order valence-corrected chi connectivity index (χ2v) is 5.94. The van der Waals surface area contributed by atoms with Crippen molar-refractivity contribution in [1.29, 1.82) is 0 Å². The Morgan fingerprint density at radius 3 is 2.55 bits per heavy atom. The van der Waals surface area contributed by atoms with Crippen molar-refractivity contribution in [2.45, 2.75) is 39.7 Å². The SMILES string of the molecule is CCc1ccc(C2CC(=O)c3cc(C)c(C)c(N)c3O2)cc1. The number of anilines is 1. The number of nitrogen functional groups attached to an aromatic ring is 1. The van der Waals surface area contributed by atoms with Crippen LogP contribution in [0.5, 0.6) is 5.75 Å². The van der Waals surface area contributed by atoms with Crippen molar-refractivity contribution in [3.05, 3.63) is 58.1 Å². The van der Waals surface area contributed by atoms with Gasteiger partial charge in [0.05, 0.1) is 17.7 Å². The van der Waals surface area contributed by atoms with Crippen molar-refractivity contribution in [3.63, 3.8) is 0 Å². The van der Waals surface area contributed by atoms with Crippen LogP contribution in [-0.2, 0) is 6.42 Å². The molecular weight excluding hydrogens is 274 g/mol. The van der Waals surface area contributed by atoms with Crippen molar-refractivity contribution in [2.24, 2.45) is 0 Å². The molecular formula is C19H21NO2. The molecule has 0 bridgehead atoms. The van der Waals surface area contributed by atoms with E-state index in [0.717, 1.165) is 23.1 Å². The molecule has 0 amide bonds.